The Kier molecular flexibility index (Phi) is 4.68. The third-order valence-corrected chi connectivity index (χ3v) is 3.23. The third-order valence-electron chi connectivity index (χ3n) is 3.23. The van der Waals surface area contributed by atoms with Crippen LogP contribution in [0.5, 0.6) is 0 Å². The van der Waals surface area contributed by atoms with Crippen LogP contribution in [0.3, 0.4) is 0 Å². The Labute approximate surface area is 112 Å². The molecule has 0 saturated carbocycles. The first-order valence-electron chi connectivity index (χ1n) is 6.55. The molecule has 1 fully saturated rings. The van der Waals surface area contributed by atoms with Crippen molar-refractivity contribution in [1.29, 1.82) is 0 Å². The number of rotatable bonds is 5. The standard InChI is InChI=1S/C13H19N3O3/c1-19-8-5-11-14-9-10(13(17)18)12(15-11)16-6-3-2-4-7-16/h9H,2-8H2,1H3,(H,17,18). The minimum Gasteiger partial charge on any atom is -0.477 e. The highest BCUT2D eigenvalue weighted by Gasteiger charge is 2.20. The van der Waals surface area contributed by atoms with Crippen molar-refractivity contribution < 1.29 is 14.6 Å². The minimum absolute atomic E-state index is 0.183. The second-order valence-electron chi connectivity index (χ2n) is 4.62. The summed E-state index contributed by atoms with van der Waals surface area (Å²) < 4.78 is 5.00. The van der Waals surface area contributed by atoms with E-state index in [4.69, 9.17) is 4.74 Å². The lowest BCUT2D eigenvalue weighted by Crippen LogP contribution is -2.32. The van der Waals surface area contributed by atoms with Gasteiger partial charge in [-0.1, -0.05) is 0 Å². The van der Waals surface area contributed by atoms with Crippen LogP contribution in [0, 0.1) is 0 Å². The molecule has 0 amide bonds. The van der Waals surface area contributed by atoms with Gasteiger partial charge in [-0.25, -0.2) is 14.8 Å². The summed E-state index contributed by atoms with van der Waals surface area (Å²) in [4.78, 5) is 21.8. The highest BCUT2D eigenvalue weighted by molar-refractivity contribution is 5.92. The molecule has 1 aromatic heterocycles. The van der Waals surface area contributed by atoms with Crippen LogP contribution < -0.4 is 4.90 Å². The number of piperidine rings is 1. The average Bonchev–Trinajstić information content (AvgIpc) is 2.45. The van der Waals surface area contributed by atoms with Crippen molar-refractivity contribution in [2.45, 2.75) is 25.7 Å². The van der Waals surface area contributed by atoms with Crippen molar-refractivity contribution in [2.24, 2.45) is 0 Å². The van der Waals surface area contributed by atoms with Gasteiger partial charge in [-0.05, 0) is 19.3 Å². The molecule has 6 heteroatoms. The first-order chi connectivity index (χ1) is 9.22. The predicted octanol–water partition coefficient (Wildman–Crippen LogP) is 1.35. The lowest BCUT2D eigenvalue weighted by Gasteiger charge is -2.28. The van der Waals surface area contributed by atoms with Gasteiger partial charge in [0.05, 0.1) is 6.61 Å². The summed E-state index contributed by atoms with van der Waals surface area (Å²) in [7, 11) is 1.62. The summed E-state index contributed by atoms with van der Waals surface area (Å²) in [5.74, 6) is 0.208. The zero-order chi connectivity index (χ0) is 13.7. The SMILES string of the molecule is COCCc1ncc(C(=O)O)c(N2CCCCC2)n1. The number of methoxy groups -OCH3 is 1. The minimum atomic E-state index is -0.973. The van der Waals surface area contributed by atoms with E-state index >= 15 is 0 Å². The van der Waals surface area contributed by atoms with E-state index in [1.165, 1.54) is 12.6 Å². The van der Waals surface area contributed by atoms with Gasteiger partial charge < -0.3 is 14.7 Å². The number of aromatic nitrogens is 2. The molecular formula is C13H19N3O3. The Morgan fingerprint density at radius 3 is 2.79 bits per heavy atom. The predicted molar refractivity (Wildman–Crippen MR) is 70.6 cm³/mol. The molecular weight excluding hydrogens is 246 g/mol. The number of ether oxygens (including phenoxy) is 1. The molecule has 0 spiro atoms. The molecule has 0 aliphatic carbocycles. The van der Waals surface area contributed by atoms with Crippen molar-refractivity contribution in [3.63, 3.8) is 0 Å². The molecule has 0 bridgehead atoms. The van der Waals surface area contributed by atoms with Gasteiger partial charge in [0.15, 0.2) is 0 Å². The third kappa shape index (κ3) is 3.41. The summed E-state index contributed by atoms with van der Waals surface area (Å²) in [6, 6.07) is 0. The van der Waals surface area contributed by atoms with Crippen LogP contribution in [0.2, 0.25) is 0 Å². The van der Waals surface area contributed by atoms with Gasteiger partial charge in [-0.15, -0.1) is 0 Å². The second kappa shape index (κ2) is 6.47. The Bertz CT molecular complexity index is 445. The number of hydrogen-bond donors (Lipinski definition) is 1. The Hall–Kier alpha value is -1.69. The number of anilines is 1. The molecule has 2 rings (SSSR count). The number of aromatic carboxylic acids is 1. The van der Waals surface area contributed by atoms with Gasteiger partial charge in [0.1, 0.15) is 17.2 Å². The molecule has 104 valence electrons. The molecule has 19 heavy (non-hydrogen) atoms. The van der Waals surface area contributed by atoms with Gasteiger partial charge in [-0.2, -0.15) is 0 Å². The highest BCUT2D eigenvalue weighted by atomic mass is 16.5. The zero-order valence-corrected chi connectivity index (χ0v) is 11.1. The topological polar surface area (TPSA) is 75.6 Å². The molecule has 0 atom stereocenters. The molecule has 1 aromatic rings. The molecule has 0 aromatic carbocycles. The van der Waals surface area contributed by atoms with Crippen molar-refractivity contribution in [1.82, 2.24) is 9.97 Å². The van der Waals surface area contributed by atoms with Crippen LogP contribution in [0.1, 0.15) is 35.4 Å². The number of carbonyl (C=O) groups is 1. The Morgan fingerprint density at radius 1 is 1.42 bits per heavy atom. The largest absolute Gasteiger partial charge is 0.477 e. The Balaban J connectivity index is 2.27. The number of carboxylic acid groups (broad SMARTS) is 1. The maximum absolute atomic E-state index is 11.3. The quantitative estimate of drug-likeness (QED) is 0.866. The highest BCUT2D eigenvalue weighted by Crippen LogP contribution is 2.21. The molecule has 2 heterocycles. The maximum atomic E-state index is 11.3. The molecule has 1 N–H and O–H groups in total. The van der Waals surface area contributed by atoms with Crippen LogP contribution in [0.4, 0.5) is 5.82 Å². The van der Waals surface area contributed by atoms with Crippen LogP contribution >= 0.6 is 0 Å². The van der Waals surface area contributed by atoms with Gasteiger partial charge in [0.25, 0.3) is 0 Å². The molecule has 0 radical (unpaired) electrons. The summed E-state index contributed by atoms with van der Waals surface area (Å²) >= 11 is 0. The number of carboxylic acids is 1. The fourth-order valence-corrected chi connectivity index (χ4v) is 2.22. The van der Waals surface area contributed by atoms with E-state index in [2.05, 4.69) is 9.97 Å². The van der Waals surface area contributed by atoms with E-state index in [-0.39, 0.29) is 5.56 Å². The van der Waals surface area contributed by atoms with Gasteiger partial charge in [0.2, 0.25) is 0 Å². The van der Waals surface area contributed by atoms with Crippen LogP contribution in [0.25, 0.3) is 0 Å². The molecule has 1 aliphatic heterocycles. The van der Waals surface area contributed by atoms with E-state index in [9.17, 15) is 9.90 Å². The number of hydrogen-bond acceptors (Lipinski definition) is 5. The van der Waals surface area contributed by atoms with Crippen molar-refractivity contribution >= 4 is 11.8 Å². The Morgan fingerprint density at radius 2 is 2.16 bits per heavy atom. The van der Waals surface area contributed by atoms with Crippen LogP contribution in [-0.2, 0) is 11.2 Å². The smallest absolute Gasteiger partial charge is 0.341 e. The summed E-state index contributed by atoms with van der Waals surface area (Å²) in [6.07, 6.45) is 5.36. The van der Waals surface area contributed by atoms with E-state index < -0.39 is 5.97 Å². The first kappa shape index (κ1) is 13.7. The lowest BCUT2D eigenvalue weighted by atomic mass is 10.1. The van der Waals surface area contributed by atoms with Crippen LogP contribution in [0.15, 0.2) is 6.20 Å². The van der Waals surface area contributed by atoms with E-state index in [1.807, 2.05) is 4.90 Å². The molecule has 6 nitrogen and oxygen atoms in total. The molecule has 0 unspecified atom stereocenters. The van der Waals surface area contributed by atoms with E-state index in [0.717, 1.165) is 25.9 Å². The molecule has 1 saturated heterocycles. The van der Waals surface area contributed by atoms with E-state index in [1.54, 1.807) is 7.11 Å². The van der Waals surface area contributed by atoms with Gasteiger partial charge in [-0.3, -0.25) is 0 Å². The van der Waals surface area contributed by atoms with Crippen molar-refractivity contribution in [2.75, 3.05) is 31.7 Å². The normalized spacial score (nSPS) is 15.5. The van der Waals surface area contributed by atoms with Crippen molar-refractivity contribution in [3.05, 3.63) is 17.6 Å². The fraction of sp³-hybridized carbons (Fsp3) is 0.615. The lowest BCUT2D eigenvalue weighted by molar-refractivity contribution is 0.0696. The first-order valence-corrected chi connectivity index (χ1v) is 6.55. The van der Waals surface area contributed by atoms with Gasteiger partial charge >= 0.3 is 5.97 Å². The summed E-state index contributed by atoms with van der Waals surface area (Å²) in [6.45, 7) is 2.26. The summed E-state index contributed by atoms with van der Waals surface area (Å²) in [5.41, 5.74) is 0.183. The van der Waals surface area contributed by atoms with Crippen LogP contribution in [-0.4, -0.2) is 47.8 Å². The monoisotopic (exact) mass is 265 g/mol. The second-order valence-corrected chi connectivity index (χ2v) is 4.62. The molecule has 1 aliphatic rings. The number of nitrogens with zero attached hydrogens (tertiary/aromatic N) is 3. The van der Waals surface area contributed by atoms with E-state index in [0.29, 0.717) is 24.7 Å². The zero-order valence-electron chi connectivity index (χ0n) is 11.1. The summed E-state index contributed by atoms with van der Waals surface area (Å²) in [5, 5.41) is 9.23. The average molecular weight is 265 g/mol. The van der Waals surface area contributed by atoms with Gasteiger partial charge in [0, 0.05) is 32.8 Å². The fourth-order valence-electron chi connectivity index (χ4n) is 2.22. The van der Waals surface area contributed by atoms with Crippen molar-refractivity contribution in [3.8, 4) is 0 Å². The maximum Gasteiger partial charge on any atom is 0.341 e.